The summed E-state index contributed by atoms with van der Waals surface area (Å²) in [5.41, 5.74) is 4.45. The summed E-state index contributed by atoms with van der Waals surface area (Å²) in [5.74, 6) is -0.0431. The lowest BCUT2D eigenvalue weighted by molar-refractivity contribution is -0.115. The maximum atomic E-state index is 11.7. The first-order valence-corrected chi connectivity index (χ1v) is 6.54. The number of nitrogens with zero attached hydrogens (tertiary/aromatic N) is 2. The van der Waals surface area contributed by atoms with Crippen LogP contribution in [-0.4, -0.2) is 25.0 Å². The molecular weight excluding hydrogens is 246 g/mol. The summed E-state index contributed by atoms with van der Waals surface area (Å²) in [6, 6.07) is 7.74. The van der Waals surface area contributed by atoms with Gasteiger partial charge in [0.25, 0.3) is 0 Å². The van der Waals surface area contributed by atoms with E-state index in [1.54, 1.807) is 5.51 Å². The van der Waals surface area contributed by atoms with E-state index in [-0.39, 0.29) is 5.91 Å². The lowest BCUT2D eigenvalue weighted by atomic mass is 10.2. The van der Waals surface area contributed by atoms with Crippen LogP contribution in [0.2, 0.25) is 0 Å². The lowest BCUT2D eigenvalue weighted by Gasteiger charge is -2.12. The zero-order valence-corrected chi connectivity index (χ0v) is 11.2. The van der Waals surface area contributed by atoms with Crippen LogP contribution in [0.3, 0.4) is 0 Å². The van der Waals surface area contributed by atoms with Gasteiger partial charge in [-0.3, -0.25) is 4.79 Å². The molecule has 2 rings (SSSR count). The van der Waals surface area contributed by atoms with Gasteiger partial charge in [-0.15, -0.1) is 11.3 Å². The third-order valence-corrected chi connectivity index (χ3v) is 3.13. The molecule has 0 aliphatic heterocycles. The second kappa shape index (κ2) is 5.64. The molecule has 0 saturated carbocycles. The zero-order chi connectivity index (χ0) is 13.0. The van der Waals surface area contributed by atoms with E-state index in [2.05, 4.69) is 10.3 Å². The lowest BCUT2D eigenvalue weighted by Crippen LogP contribution is -2.14. The second-order valence-electron chi connectivity index (χ2n) is 4.15. The zero-order valence-electron chi connectivity index (χ0n) is 10.4. The summed E-state index contributed by atoms with van der Waals surface area (Å²) in [6.45, 7) is 0. The number of thiazole rings is 1. The minimum Gasteiger partial charge on any atom is -0.378 e. The molecule has 94 valence electrons. The van der Waals surface area contributed by atoms with E-state index in [0.717, 1.165) is 17.1 Å². The van der Waals surface area contributed by atoms with Gasteiger partial charge < -0.3 is 10.2 Å². The fourth-order valence-corrected chi connectivity index (χ4v) is 2.10. The number of nitrogens with one attached hydrogen (secondary N) is 1. The number of hydrogen-bond donors (Lipinski definition) is 1. The standard InChI is InChI=1S/C13H15N3OS/c1-16(2)12-5-3-10(4-6-12)15-13(17)7-11-8-18-9-14-11/h3-6,8-9H,7H2,1-2H3,(H,15,17). The highest BCUT2D eigenvalue weighted by Gasteiger charge is 2.05. The molecule has 1 N–H and O–H groups in total. The maximum absolute atomic E-state index is 11.7. The molecule has 1 aromatic heterocycles. The van der Waals surface area contributed by atoms with E-state index in [4.69, 9.17) is 0 Å². The first kappa shape index (κ1) is 12.6. The molecule has 0 radical (unpaired) electrons. The molecule has 0 spiro atoms. The maximum Gasteiger partial charge on any atom is 0.230 e. The Kier molecular flexibility index (Phi) is 3.94. The van der Waals surface area contributed by atoms with Gasteiger partial charge in [0.15, 0.2) is 0 Å². The Morgan fingerprint density at radius 3 is 2.61 bits per heavy atom. The smallest absolute Gasteiger partial charge is 0.230 e. The molecule has 0 saturated heterocycles. The Morgan fingerprint density at radius 1 is 1.33 bits per heavy atom. The van der Waals surface area contributed by atoms with Gasteiger partial charge in [0.2, 0.25) is 5.91 Å². The molecule has 0 aliphatic carbocycles. The van der Waals surface area contributed by atoms with Crippen molar-refractivity contribution >= 4 is 28.6 Å². The Balaban J connectivity index is 1.95. The predicted octanol–water partition coefficient (Wildman–Crippen LogP) is 2.39. The Bertz CT molecular complexity index is 506. The largest absolute Gasteiger partial charge is 0.378 e. The van der Waals surface area contributed by atoms with E-state index in [0.29, 0.717) is 6.42 Å². The van der Waals surface area contributed by atoms with Crippen LogP contribution >= 0.6 is 11.3 Å². The van der Waals surface area contributed by atoms with Crippen molar-refractivity contribution in [2.45, 2.75) is 6.42 Å². The first-order chi connectivity index (χ1) is 8.65. The van der Waals surface area contributed by atoms with Crippen molar-refractivity contribution in [3.05, 3.63) is 40.8 Å². The fraction of sp³-hybridized carbons (Fsp3) is 0.231. The molecule has 1 amide bonds. The van der Waals surface area contributed by atoms with Crippen LogP contribution in [0.4, 0.5) is 11.4 Å². The molecule has 18 heavy (non-hydrogen) atoms. The number of rotatable bonds is 4. The summed E-state index contributed by atoms with van der Waals surface area (Å²) in [7, 11) is 3.96. The van der Waals surface area contributed by atoms with Crippen LogP contribution in [-0.2, 0) is 11.2 Å². The average Bonchev–Trinajstić information content (AvgIpc) is 2.82. The summed E-state index contributed by atoms with van der Waals surface area (Å²) in [6.07, 6.45) is 0.318. The van der Waals surface area contributed by atoms with Gasteiger partial charge in [-0.25, -0.2) is 4.98 Å². The third kappa shape index (κ3) is 3.30. The second-order valence-corrected chi connectivity index (χ2v) is 4.86. The molecule has 0 bridgehead atoms. The molecule has 0 fully saturated rings. The van der Waals surface area contributed by atoms with Gasteiger partial charge in [-0.1, -0.05) is 0 Å². The van der Waals surface area contributed by atoms with Crippen molar-refractivity contribution in [3.63, 3.8) is 0 Å². The molecular formula is C13H15N3OS. The van der Waals surface area contributed by atoms with Crippen molar-refractivity contribution < 1.29 is 4.79 Å². The van der Waals surface area contributed by atoms with Gasteiger partial charge >= 0.3 is 0 Å². The number of amides is 1. The SMILES string of the molecule is CN(C)c1ccc(NC(=O)Cc2cscn2)cc1. The van der Waals surface area contributed by atoms with Crippen LogP contribution in [0.25, 0.3) is 0 Å². The van der Waals surface area contributed by atoms with Crippen molar-refractivity contribution in [2.24, 2.45) is 0 Å². The normalized spacial score (nSPS) is 10.1. The van der Waals surface area contributed by atoms with Crippen LogP contribution < -0.4 is 10.2 Å². The summed E-state index contributed by atoms with van der Waals surface area (Å²) >= 11 is 1.50. The average molecular weight is 261 g/mol. The van der Waals surface area contributed by atoms with Gasteiger partial charge in [-0.2, -0.15) is 0 Å². The van der Waals surface area contributed by atoms with Crippen molar-refractivity contribution in [3.8, 4) is 0 Å². The molecule has 0 atom stereocenters. The summed E-state index contributed by atoms with van der Waals surface area (Å²) in [4.78, 5) is 17.8. The number of anilines is 2. The first-order valence-electron chi connectivity index (χ1n) is 5.59. The van der Waals surface area contributed by atoms with Gasteiger partial charge in [0.1, 0.15) is 0 Å². The third-order valence-electron chi connectivity index (χ3n) is 2.49. The van der Waals surface area contributed by atoms with E-state index in [9.17, 15) is 4.79 Å². The van der Waals surface area contributed by atoms with E-state index in [1.807, 2.05) is 48.6 Å². The minimum absolute atomic E-state index is 0.0431. The molecule has 2 aromatic rings. The molecule has 5 heteroatoms. The number of carbonyl (C=O) groups is 1. The van der Waals surface area contributed by atoms with Crippen molar-refractivity contribution in [2.75, 3.05) is 24.3 Å². The van der Waals surface area contributed by atoms with Gasteiger partial charge in [-0.05, 0) is 24.3 Å². The van der Waals surface area contributed by atoms with Crippen LogP contribution in [0.15, 0.2) is 35.2 Å². The summed E-state index contributed by atoms with van der Waals surface area (Å²) < 4.78 is 0. The molecule has 1 heterocycles. The molecule has 0 unspecified atom stereocenters. The fourth-order valence-electron chi connectivity index (χ4n) is 1.54. The highest BCUT2D eigenvalue weighted by Crippen LogP contribution is 2.15. The number of benzene rings is 1. The van der Waals surface area contributed by atoms with E-state index < -0.39 is 0 Å². The minimum atomic E-state index is -0.0431. The number of hydrogen-bond acceptors (Lipinski definition) is 4. The predicted molar refractivity (Wildman–Crippen MR) is 75.2 cm³/mol. The topological polar surface area (TPSA) is 45.2 Å². The Hall–Kier alpha value is -1.88. The molecule has 1 aromatic carbocycles. The highest BCUT2D eigenvalue weighted by molar-refractivity contribution is 7.07. The number of carbonyl (C=O) groups excluding carboxylic acids is 1. The quantitative estimate of drug-likeness (QED) is 0.919. The van der Waals surface area contributed by atoms with Gasteiger partial charge in [0, 0.05) is 30.9 Å². The molecule has 4 nitrogen and oxygen atoms in total. The van der Waals surface area contributed by atoms with E-state index in [1.165, 1.54) is 11.3 Å². The van der Waals surface area contributed by atoms with Crippen molar-refractivity contribution in [1.82, 2.24) is 4.98 Å². The molecule has 0 aliphatic rings. The van der Waals surface area contributed by atoms with E-state index >= 15 is 0 Å². The van der Waals surface area contributed by atoms with Crippen LogP contribution in [0.1, 0.15) is 5.69 Å². The van der Waals surface area contributed by atoms with Gasteiger partial charge in [0.05, 0.1) is 17.6 Å². The van der Waals surface area contributed by atoms with Crippen LogP contribution in [0.5, 0.6) is 0 Å². The Morgan fingerprint density at radius 2 is 2.06 bits per heavy atom. The number of aromatic nitrogens is 1. The van der Waals surface area contributed by atoms with Crippen LogP contribution in [0, 0.1) is 0 Å². The Labute approximate surface area is 110 Å². The monoisotopic (exact) mass is 261 g/mol. The summed E-state index contributed by atoms with van der Waals surface area (Å²) in [5, 5.41) is 4.74. The highest BCUT2D eigenvalue weighted by atomic mass is 32.1. The van der Waals surface area contributed by atoms with Crippen molar-refractivity contribution in [1.29, 1.82) is 0 Å².